The molecule has 5 heteroatoms. The van der Waals surface area contributed by atoms with Crippen molar-refractivity contribution >= 4 is 12.6 Å². The second kappa shape index (κ2) is 8.54. The van der Waals surface area contributed by atoms with Gasteiger partial charge in [-0.25, -0.2) is 0 Å². The van der Waals surface area contributed by atoms with Gasteiger partial charge in [0.15, 0.2) is 0 Å². The Kier molecular flexibility index (Phi) is 6.55. The maximum atomic E-state index is 6.34. The van der Waals surface area contributed by atoms with Crippen LogP contribution in [0.4, 0.5) is 0 Å². The van der Waals surface area contributed by atoms with Gasteiger partial charge in [-0.2, -0.15) is 0 Å². The molecule has 0 bridgehead atoms. The number of fused-ring (bicyclic) bond motifs is 1. The van der Waals surface area contributed by atoms with Gasteiger partial charge in [-0.3, -0.25) is 0 Å². The topological polar surface area (TPSA) is 39.7 Å². The molecule has 150 valence electrons. The summed E-state index contributed by atoms with van der Waals surface area (Å²) in [5.41, 5.74) is 4.12. The molecule has 4 nitrogen and oxygen atoms in total. The van der Waals surface area contributed by atoms with Crippen LogP contribution in [0.2, 0.25) is 0 Å². The van der Waals surface area contributed by atoms with Crippen LogP contribution in [-0.2, 0) is 20.1 Å². The molecule has 1 saturated heterocycles. The standard InChI is InChI=1S/C22H36BNO3/c1-6-7-12-25-19-16-17(23-26-13-10-24-11-14-27-23)15-18-20(19)22(4,5)9-8-21(18,2)3/h15-16,24H,6-14H2,1-5H3. The van der Waals surface area contributed by atoms with Crippen LogP contribution in [0.1, 0.15) is 71.4 Å². The Hall–Kier alpha value is -1.04. The minimum atomic E-state index is -0.313. The van der Waals surface area contributed by atoms with Gasteiger partial charge in [0.05, 0.1) is 6.61 Å². The van der Waals surface area contributed by atoms with E-state index in [1.807, 2.05) is 0 Å². The lowest BCUT2D eigenvalue weighted by atomic mass is 9.61. The van der Waals surface area contributed by atoms with E-state index in [4.69, 9.17) is 14.0 Å². The Labute approximate surface area is 165 Å². The molecule has 0 atom stereocenters. The summed E-state index contributed by atoms with van der Waals surface area (Å²) in [6.45, 7) is 15.4. The molecular formula is C22H36BNO3. The predicted molar refractivity (Wildman–Crippen MR) is 112 cm³/mol. The van der Waals surface area contributed by atoms with E-state index in [0.29, 0.717) is 13.2 Å². The number of benzene rings is 1. The van der Waals surface area contributed by atoms with Crippen molar-refractivity contribution in [3.05, 3.63) is 23.3 Å². The van der Waals surface area contributed by atoms with E-state index in [-0.39, 0.29) is 17.9 Å². The average molecular weight is 373 g/mol. The van der Waals surface area contributed by atoms with Gasteiger partial charge >= 0.3 is 7.12 Å². The zero-order valence-electron chi connectivity index (χ0n) is 17.8. The fourth-order valence-corrected chi connectivity index (χ4v) is 4.17. The molecule has 1 N–H and O–H groups in total. The lowest BCUT2D eigenvalue weighted by molar-refractivity contribution is 0.187. The molecule has 0 radical (unpaired) electrons. The second-order valence-electron chi connectivity index (χ2n) is 9.23. The summed E-state index contributed by atoms with van der Waals surface area (Å²) in [4.78, 5) is 0. The molecule has 1 aliphatic heterocycles. The van der Waals surface area contributed by atoms with E-state index in [1.165, 1.54) is 24.0 Å². The lowest BCUT2D eigenvalue weighted by Crippen LogP contribution is -2.44. The van der Waals surface area contributed by atoms with Crippen LogP contribution in [0.25, 0.3) is 0 Å². The Morgan fingerprint density at radius 2 is 1.70 bits per heavy atom. The molecule has 0 amide bonds. The number of hydrogen-bond acceptors (Lipinski definition) is 4. The van der Waals surface area contributed by atoms with Crippen LogP contribution >= 0.6 is 0 Å². The number of nitrogens with one attached hydrogen (secondary N) is 1. The monoisotopic (exact) mass is 373 g/mol. The van der Waals surface area contributed by atoms with Crippen molar-refractivity contribution < 1.29 is 14.0 Å². The smallest absolute Gasteiger partial charge is 0.493 e. The third kappa shape index (κ3) is 4.69. The summed E-state index contributed by atoms with van der Waals surface area (Å²) in [5, 5.41) is 3.30. The van der Waals surface area contributed by atoms with Crippen molar-refractivity contribution in [2.24, 2.45) is 0 Å². The molecule has 27 heavy (non-hydrogen) atoms. The number of unbranched alkanes of at least 4 members (excludes halogenated alkanes) is 1. The van der Waals surface area contributed by atoms with Crippen LogP contribution in [0.3, 0.4) is 0 Å². The van der Waals surface area contributed by atoms with Gasteiger partial charge in [-0.05, 0) is 47.2 Å². The lowest BCUT2D eigenvalue weighted by Gasteiger charge is -2.43. The average Bonchev–Trinajstić information content (AvgIpc) is 2.58. The first-order valence-electron chi connectivity index (χ1n) is 10.6. The van der Waals surface area contributed by atoms with Crippen molar-refractivity contribution in [1.82, 2.24) is 5.32 Å². The van der Waals surface area contributed by atoms with Crippen LogP contribution in [0, 0.1) is 0 Å². The molecule has 1 aliphatic carbocycles. The highest BCUT2D eigenvalue weighted by atomic mass is 16.6. The van der Waals surface area contributed by atoms with Crippen molar-refractivity contribution in [1.29, 1.82) is 0 Å². The number of hydrogen-bond donors (Lipinski definition) is 1. The Morgan fingerprint density at radius 3 is 2.37 bits per heavy atom. The predicted octanol–water partition coefficient (Wildman–Crippen LogP) is 3.55. The van der Waals surface area contributed by atoms with Gasteiger partial charge in [-0.1, -0.05) is 47.1 Å². The molecule has 0 saturated carbocycles. The molecule has 1 fully saturated rings. The SMILES string of the molecule is CCCCOc1cc(B2OCCNCCO2)cc2c1C(C)(C)CCC2(C)C. The largest absolute Gasteiger partial charge is 0.494 e. The molecule has 1 heterocycles. The van der Waals surface area contributed by atoms with E-state index in [0.717, 1.165) is 43.8 Å². The quantitative estimate of drug-likeness (QED) is 0.633. The summed E-state index contributed by atoms with van der Waals surface area (Å²) in [7, 11) is -0.313. The highest BCUT2D eigenvalue weighted by Crippen LogP contribution is 2.49. The van der Waals surface area contributed by atoms with E-state index in [2.05, 4.69) is 52.1 Å². The molecule has 3 rings (SSSR count). The Bertz CT molecular complexity index is 637. The van der Waals surface area contributed by atoms with Gasteiger partial charge in [0.25, 0.3) is 0 Å². The van der Waals surface area contributed by atoms with E-state index >= 15 is 0 Å². The zero-order valence-corrected chi connectivity index (χ0v) is 17.8. The summed E-state index contributed by atoms with van der Waals surface area (Å²) >= 11 is 0. The van der Waals surface area contributed by atoms with Crippen molar-refractivity contribution in [2.45, 2.75) is 71.1 Å². The first-order chi connectivity index (χ1) is 12.8. The molecule has 2 aliphatic rings. The Balaban J connectivity index is 2.03. The highest BCUT2D eigenvalue weighted by molar-refractivity contribution is 6.61. The van der Waals surface area contributed by atoms with Gasteiger partial charge in [0.1, 0.15) is 5.75 Å². The van der Waals surface area contributed by atoms with Crippen molar-refractivity contribution in [3.8, 4) is 5.75 Å². The third-order valence-corrected chi connectivity index (χ3v) is 6.03. The van der Waals surface area contributed by atoms with Crippen LogP contribution in [0.15, 0.2) is 12.1 Å². The highest BCUT2D eigenvalue weighted by Gasteiger charge is 2.40. The fraction of sp³-hybridized carbons (Fsp3) is 0.727. The molecule has 0 unspecified atom stereocenters. The first kappa shape index (κ1) is 20.7. The van der Waals surface area contributed by atoms with Crippen LogP contribution in [0.5, 0.6) is 5.75 Å². The Morgan fingerprint density at radius 1 is 1.04 bits per heavy atom. The van der Waals surface area contributed by atoms with Gasteiger partial charge < -0.3 is 19.4 Å². The van der Waals surface area contributed by atoms with E-state index in [9.17, 15) is 0 Å². The van der Waals surface area contributed by atoms with Crippen LogP contribution in [-0.4, -0.2) is 40.0 Å². The minimum Gasteiger partial charge on any atom is -0.493 e. The van der Waals surface area contributed by atoms with Gasteiger partial charge in [-0.15, -0.1) is 0 Å². The normalized spacial score (nSPS) is 21.9. The van der Waals surface area contributed by atoms with Crippen molar-refractivity contribution in [2.75, 3.05) is 32.9 Å². The van der Waals surface area contributed by atoms with Gasteiger partial charge in [0.2, 0.25) is 0 Å². The van der Waals surface area contributed by atoms with Crippen molar-refractivity contribution in [3.63, 3.8) is 0 Å². The number of ether oxygens (including phenoxy) is 1. The molecule has 1 aromatic carbocycles. The molecular weight excluding hydrogens is 337 g/mol. The summed E-state index contributed by atoms with van der Waals surface area (Å²) in [6.07, 6.45) is 4.57. The molecule has 0 spiro atoms. The van der Waals surface area contributed by atoms with Gasteiger partial charge in [0, 0.05) is 31.9 Å². The third-order valence-electron chi connectivity index (χ3n) is 6.03. The zero-order chi connectivity index (χ0) is 19.5. The molecule has 1 aromatic rings. The summed E-state index contributed by atoms with van der Waals surface area (Å²) in [5.74, 6) is 1.03. The van der Waals surface area contributed by atoms with E-state index < -0.39 is 0 Å². The second-order valence-corrected chi connectivity index (χ2v) is 9.23. The summed E-state index contributed by atoms with van der Waals surface area (Å²) < 4.78 is 18.4. The fourth-order valence-electron chi connectivity index (χ4n) is 4.17. The summed E-state index contributed by atoms with van der Waals surface area (Å²) in [6, 6.07) is 4.50. The minimum absolute atomic E-state index is 0.123. The maximum Gasteiger partial charge on any atom is 0.494 e. The molecule has 0 aromatic heterocycles. The van der Waals surface area contributed by atoms with E-state index in [1.54, 1.807) is 0 Å². The first-order valence-corrected chi connectivity index (χ1v) is 10.6. The number of rotatable bonds is 5. The van der Waals surface area contributed by atoms with Crippen LogP contribution < -0.4 is 15.5 Å². The maximum absolute atomic E-state index is 6.34.